The second kappa shape index (κ2) is 12.8. The van der Waals surface area contributed by atoms with Gasteiger partial charge in [0.05, 0.1) is 11.9 Å². The number of nitrogens with one attached hydrogen (secondary N) is 1. The Balaban J connectivity index is 1.16. The lowest BCUT2D eigenvalue weighted by Gasteiger charge is -2.51. The number of imidazole rings is 1. The molecule has 3 heterocycles. The van der Waals surface area contributed by atoms with Crippen molar-refractivity contribution in [2.75, 3.05) is 44.7 Å². The summed E-state index contributed by atoms with van der Waals surface area (Å²) >= 11 is 0. The standard InChI is InChI=1S/C34H42F3N5O2/c1-38-32(43)44-31-9-5-8-30(31)33(23-41-19-16-39-24-41,26-6-3-2-4-7-26)27-14-17-40(18-15-27)20-25-21-42(22-25)29-12-10-28(11-13-29)34(35,36)37/h2-4,6-7,10-13,16,19,24-25,27,30-31H,5,8-9,14-15,17-18,20-23H2,1H3,(H,38,43)/t30-,31-,33?/m0/s1. The number of anilines is 1. The van der Waals surface area contributed by atoms with Crippen molar-refractivity contribution in [1.82, 2.24) is 19.8 Å². The van der Waals surface area contributed by atoms with Gasteiger partial charge in [0, 0.05) is 68.6 Å². The van der Waals surface area contributed by atoms with Crippen molar-refractivity contribution in [3.63, 3.8) is 0 Å². The zero-order chi connectivity index (χ0) is 30.7. The molecular formula is C34H42F3N5O2. The summed E-state index contributed by atoms with van der Waals surface area (Å²) in [5.74, 6) is 1.08. The fourth-order valence-corrected chi connectivity index (χ4v) is 8.13. The molecule has 236 valence electrons. The first-order valence-corrected chi connectivity index (χ1v) is 15.8. The van der Waals surface area contributed by atoms with E-state index in [0.29, 0.717) is 11.8 Å². The number of amides is 1. The van der Waals surface area contributed by atoms with E-state index in [4.69, 9.17) is 4.74 Å². The Kier molecular flexibility index (Phi) is 8.89. The Hall–Kier alpha value is -3.53. The molecule has 2 saturated heterocycles. The second-order valence-corrected chi connectivity index (χ2v) is 12.8. The maximum absolute atomic E-state index is 13.0. The lowest BCUT2D eigenvalue weighted by atomic mass is 9.58. The Morgan fingerprint density at radius 3 is 2.34 bits per heavy atom. The number of likely N-dealkylation sites (tertiary alicyclic amines) is 1. The predicted octanol–water partition coefficient (Wildman–Crippen LogP) is 6.21. The fraction of sp³-hybridized carbons (Fsp3) is 0.529. The third-order valence-corrected chi connectivity index (χ3v) is 10.2. The number of benzene rings is 2. The van der Waals surface area contributed by atoms with E-state index >= 15 is 0 Å². The minimum absolute atomic E-state index is 0.150. The molecule has 3 fully saturated rings. The van der Waals surface area contributed by atoms with E-state index in [0.717, 1.165) is 77.1 Å². The maximum Gasteiger partial charge on any atom is 0.416 e. The minimum Gasteiger partial charge on any atom is -0.446 e. The number of carbonyl (C=O) groups excluding carboxylic acids is 1. The van der Waals surface area contributed by atoms with Crippen LogP contribution >= 0.6 is 0 Å². The summed E-state index contributed by atoms with van der Waals surface area (Å²) in [4.78, 5) is 21.5. The van der Waals surface area contributed by atoms with Crippen molar-refractivity contribution in [2.45, 2.75) is 56.3 Å². The van der Waals surface area contributed by atoms with Gasteiger partial charge in [-0.1, -0.05) is 30.3 Å². The number of nitrogens with zero attached hydrogens (tertiary/aromatic N) is 4. The van der Waals surface area contributed by atoms with Gasteiger partial charge >= 0.3 is 12.3 Å². The summed E-state index contributed by atoms with van der Waals surface area (Å²) in [6, 6.07) is 16.3. The molecule has 10 heteroatoms. The van der Waals surface area contributed by atoms with Gasteiger partial charge in [0.2, 0.25) is 0 Å². The predicted molar refractivity (Wildman–Crippen MR) is 163 cm³/mol. The molecule has 3 atom stereocenters. The number of hydrogen-bond acceptors (Lipinski definition) is 5. The van der Waals surface area contributed by atoms with Crippen LogP contribution in [-0.2, 0) is 22.9 Å². The van der Waals surface area contributed by atoms with Crippen LogP contribution in [0.4, 0.5) is 23.7 Å². The molecule has 0 radical (unpaired) electrons. The largest absolute Gasteiger partial charge is 0.446 e. The van der Waals surface area contributed by atoms with Crippen molar-refractivity contribution in [3.05, 3.63) is 84.4 Å². The Bertz CT molecular complexity index is 1350. The van der Waals surface area contributed by atoms with Gasteiger partial charge in [-0.3, -0.25) is 0 Å². The molecular weight excluding hydrogens is 567 g/mol. The lowest BCUT2D eigenvalue weighted by molar-refractivity contribution is -0.137. The van der Waals surface area contributed by atoms with Gasteiger partial charge in [-0.25, -0.2) is 9.78 Å². The topological polar surface area (TPSA) is 62.6 Å². The zero-order valence-corrected chi connectivity index (χ0v) is 25.3. The number of carbonyl (C=O) groups is 1. The summed E-state index contributed by atoms with van der Waals surface area (Å²) in [6.07, 6.45) is 5.93. The molecule has 0 spiro atoms. The van der Waals surface area contributed by atoms with Crippen LogP contribution in [0.3, 0.4) is 0 Å². The van der Waals surface area contributed by atoms with Crippen molar-refractivity contribution >= 4 is 11.8 Å². The average Bonchev–Trinajstić information content (AvgIpc) is 3.70. The zero-order valence-electron chi connectivity index (χ0n) is 25.3. The molecule has 1 amide bonds. The molecule has 3 aliphatic rings. The van der Waals surface area contributed by atoms with Gasteiger partial charge < -0.3 is 24.4 Å². The van der Waals surface area contributed by atoms with Crippen LogP contribution < -0.4 is 10.2 Å². The number of aromatic nitrogens is 2. The molecule has 1 unspecified atom stereocenters. The van der Waals surface area contributed by atoms with E-state index in [-0.39, 0.29) is 23.5 Å². The van der Waals surface area contributed by atoms with Crippen LogP contribution in [-0.4, -0.2) is 66.4 Å². The van der Waals surface area contributed by atoms with Crippen LogP contribution in [0.5, 0.6) is 0 Å². The summed E-state index contributed by atoms with van der Waals surface area (Å²) in [5, 5.41) is 2.65. The first-order chi connectivity index (χ1) is 21.3. The number of halogens is 3. The lowest BCUT2D eigenvalue weighted by Crippen LogP contribution is -2.55. The van der Waals surface area contributed by atoms with Gasteiger partial charge in [0.25, 0.3) is 0 Å². The SMILES string of the molecule is CNC(=O)O[C@H]1CCC[C@@H]1C(Cn1ccnc1)(c1ccccc1)C1CCN(CC2CN(c3ccc(C(F)(F)F)cc3)C2)CC1. The molecule has 7 nitrogen and oxygen atoms in total. The molecule has 1 saturated carbocycles. The van der Waals surface area contributed by atoms with Crippen LogP contribution in [0.15, 0.2) is 73.3 Å². The molecule has 44 heavy (non-hydrogen) atoms. The normalized spacial score (nSPS) is 23.2. The quantitative estimate of drug-likeness (QED) is 0.313. The van der Waals surface area contributed by atoms with Gasteiger partial charge in [-0.2, -0.15) is 13.2 Å². The number of ether oxygens (including phenoxy) is 1. The second-order valence-electron chi connectivity index (χ2n) is 12.8. The highest BCUT2D eigenvalue weighted by molar-refractivity contribution is 5.67. The third-order valence-electron chi connectivity index (χ3n) is 10.2. The van der Waals surface area contributed by atoms with Crippen LogP contribution in [0.1, 0.15) is 43.2 Å². The van der Waals surface area contributed by atoms with Gasteiger partial charge in [0.1, 0.15) is 6.10 Å². The van der Waals surface area contributed by atoms with E-state index < -0.39 is 11.7 Å². The first kappa shape index (κ1) is 30.5. The van der Waals surface area contributed by atoms with Gasteiger partial charge in [-0.15, -0.1) is 0 Å². The highest BCUT2D eigenvalue weighted by Crippen LogP contribution is 2.52. The van der Waals surface area contributed by atoms with E-state index in [1.54, 1.807) is 19.2 Å². The van der Waals surface area contributed by atoms with Crippen LogP contribution in [0.2, 0.25) is 0 Å². The molecule has 1 aromatic heterocycles. The Morgan fingerprint density at radius 1 is 0.977 bits per heavy atom. The Labute approximate surface area is 257 Å². The van der Waals surface area contributed by atoms with Crippen LogP contribution in [0, 0.1) is 17.8 Å². The molecule has 1 N–H and O–H groups in total. The van der Waals surface area contributed by atoms with Crippen molar-refractivity contribution in [3.8, 4) is 0 Å². The molecule has 2 aliphatic heterocycles. The van der Waals surface area contributed by atoms with Gasteiger partial charge in [0.15, 0.2) is 0 Å². The number of piperidine rings is 1. The van der Waals surface area contributed by atoms with Crippen molar-refractivity contribution in [1.29, 1.82) is 0 Å². The number of alkyl halides is 3. The molecule has 6 rings (SSSR count). The fourth-order valence-electron chi connectivity index (χ4n) is 8.13. The van der Waals surface area contributed by atoms with E-state index in [9.17, 15) is 18.0 Å². The van der Waals surface area contributed by atoms with E-state index in [1.165, 1.54) is 17.7 Å². The number of rotatable bonds is 9. The summed E-state index contributed by atoms with van der Waals surface area (Å²) < 4.78 is 47.1. The highest BCUT2D eigenvalue weighted by atomic mass is 19.4. The van der Waals surface area contributed by atoms with Crippen molar-refractivity contribution < 1.29 is 22.7 Å². The molecule has 3 aromatic rings. The summed E-state index contributed by atoms with van der Waals surface area (Å²) in [6.45, 7) is 5.49. The first-order valence-electron chi connectivity index (χ1n) is 15.8. The van der Waals surface area contributed by atoms with E-state index in [2.05, 4.69) is 55.0 Å². The number of hydrogen-bond donors (Lipinski definition) is 1. The van der Waals surface area contributed by atoms with Crippen LogP contribution in [0.25, 0.3) is 0 Å². The Morgan fingerprint density at radius 2 is 1.70 bits per heavy atom. The maximum atomic E-state index is 13.0. The number of alkyl carbamates (subject to hydrolysis) is 1. The molecule has 1 aliphatic carbocycles. The smallest absolute Gasteiger partial charge is 0.416 e. The molecule has 0 bridgehead atoms. The highest BCUT2D eigenvalue weighted by Gasteiger charge is 2.53. The van der Waals surface area contributed by atoms with Gasteiger partial charge in [-0.05, 0) is 80.9 Å². The summed E-state index contributed by atoms with van der Waals surface area (Å²) in [7, 11) is 1.61. The monoisotopic (exact) mass is 609 g/mol. The minimum atomic E-state index is -4.31. The average molecular weight is 610 g/mol. The van der Waals surface area contributed by atoms with E-state index in [1.807, 2.05) is 18.7 Å². The molecule has 2 aromatic carbocycles. The summed E-state index contributed by atoms with van der Waals surface area (Å²) in [5.41, 5.74) is 1.32. The van der Waals surface area contributed by atoms with Crippen molar-refractivity contribution in [2.24, 2.45) is 17.8 Å². The third kappa shape index (κ3) is 6.32.